The molecule has 0 atom stereocenters. The van der Waals surface area contributed by atoms with Gasteiger partial charge in [-0.15, -0.1) is 23.1 Å². The smallest absolute Gasteiger partial charge is 0.252 e. The zero-order chi connectivity index (χ0) is 20.6. The summed E-state index contributed by atoms with van der Waals surface area (Å²) in [4.78, 5) is 17.5. The van der Waals surface area contributed by atoms with Crippen LogP contribution in [-0.4, -0.2) is 37.1 Å². The Labute approximate surface area is 186 Å². The number of nitrogens with zero attached hydrogens (tertiary/aromatic N) is 1. The van der Waals surface area contributed by atoms with Gasteiger partial charge in [-0.1, -0.05) is 42.5 Å². The molecule has 156 valence electrons. The maximum absolute atomic E-state index is 12.8. The number of carbonyl (C=O) groups is 1. The number of carbonyl (C=O) groups excluding carboxylic acids is 1. The molecule has 1 fully saturated rings. The molecule has 0 saturated carbocycles. The van der Waals surface area contributed by atoms with Crippen LogP contribution in [0.3, 0.4) is 0 Å². The van der Waals surface area contributed by atoms with Crippen LogP contribution in [0.2, 0.25) is 0 Å². The number of hydrogen-bond donors (Lipinski definition) is 1. The predicted octanol–water partition coefficient (Wildman–Crippen LogP) is 4.80. The van der Waals surface area contributed by atoms with E-state index in [1.807, 2.05) is 24.3 Å². The average molecular weight is 439 g/mol. The molecular formula is C24H26N2O2S2. The molecular weight excluding hydrogens is 412 g/mol. The van der Waals surface area contributed by atoms with Crippen molar-refractivity contribution in [3.63, 3.8) is 0 Å². The molecule has 1 aromatic heterocycles. The maximum Gasteiger partial charge on any atom is 0.252 e. The van der Waals surface area contributed by atoms with Crippen LogP contribution < -0.4 is 5.32 Å². The summed E-state index contributed by atoms with van der Waals surface area (Å²) < 4.78 is 5.41. The zero-order valence-electron chi connectivity index (χ0n) is 16.9. The molecule has 1 aliphatic rings. The van der Waals surface area contributed by atoms with Gasteiger partial charge in [0, 0.05) is 41.7 Å². The van der Waals surface area contributed by atoms with Gasteiger partial charge in [0.2, 0.25) is 0 Å². The third-order valence-corrected chi connectivity index (χ3v) is 7.25. The standard InChI is InChI=1S/C24H26N2O2S2/c27-24(22-5-1-2-6-23(22)30-18-21-4-3-15-29-21)25-16-19-7-9-20(10-8-19)17-26-11-13-28-14-12-26/h1-10,15H,11-14,16-18H2,(H,25,27). The molecule has 0 radical (unpaired) electrons. The highest BCUT2D eigenvalue weighted by molar-refractivity contribution is 7.98. The molecule has 6 heteroatoms. The molecule has 3 aromatic rings. The Morgan fingerprint density at radius 1 is 1.00 bits per heavy atom. The van der Waals surface area contributed by atoms with E-state index in [9.17, 15) is 4.79 Å². The Kier molecular flexibility index (Phi) is 7.59. The molecule has 1 N–H and O–H groups in total. The number of ether oxygens (including phenoxy) is 1. The van der Waals surface area contributed by atoms with Crippen molar-refractivity contribution in [3.8, 4) is 0 Å². The Morgan fingerprint density at radius 2 is 1.77 bits per heavy atom. The quantitative estimate of drug-likeness (QED) is 0.513. The highest BCUT2D eigenvalue weighted by Gasteiger charge is 2.12. The molecule has 0 spiro atoms. The summed E-state index contributed by atoms with van der Waals surface area (Å²) in [6.45, 7) is 5.09. The molecule has 4 rings (SSSR count). The molecule has 2 aromatic carbocycles. The summed E-state index contributed by atoms with van der Waals surface area (Å²) >= 11 is 3.45. The summed E-state index contributed by atoms with van der Waals surface area (Å²) in [5.74, 6) is 0.855. The van der Waals surface area contributed by atoms with Gasteiger partial charge in [-0.2, -0.15) is 0 Å². The number of amides is 1. The Balaban J connectivity index is 1.31. The first kappa shape index (κ1) is 21.1. The first-order chi connectivity index (χ1) is 14.8. The van der Waals surface area contributed by atoms with Gasteiger partial charge in [0.1, 0.15) is 0 Å². The fourth-order valence-electron chi connectivity index (χ4n) is 3.38. The number of benzene rings is 2. The lowest BCUT2D eigenvalue weighted by Gasteiger charge is -2.26. The summed E-state index contributed by atoms with van der Waals surface area (Å²) in [6.07, 6.45) is 0. The van der Waals surface area contributed by atoms with E-state index in [4.69, 9.17) is 4.74 Å². The van der Waals surface area contributed by atoms with E-state index >= 15 is 0 Å². The highest BCUT2D eigenvalue weighted by Crippen LogP contribution is 2.28. The normalized spacial score (nSPS) is 14.5. The number of hydrogen-bond acceptors (Lipinski definition) is 5. The van der Waals surface area contributed by atoms with Crippen molar-refractivity contribution in [1.82, 2.24) is 10.2 Å². The lowest BCUT2D eigenvalue weighted by molar-refractivity contribution is 0.0342. The van der Waals surface area contributed by atoms with E-state index in [-0.39, 0.29) is 5.91 Å². The molecule has 4 nitrogen and oxygen atoms in total. The number of rotatable bonds is 8. The lowest BCUT2D eigenvalue weighted by Crippen LogP contribution is -2.35. The van der Waals surface area contributed by atoms with Gasteiger partial charge in [0.05, 0.1) is 18.8 Å². The van der Waals surface area contributed by atoms with Gasteiger partial charge in [-0.05, 0) is 34.7 Å². The Morgan fingerprint density at radius 3 is 2.53 bits per heavy atom. The predicted molar refractivity (Wildman–Crippen MR) is 124 cm³/mol. The van der Waals surface area contributed by atoms with Crippen LogP contribution in [0.4, 0.5) is 0 Å². The van der Waals surface area contributed by atoms with Gasteiger partial charge in [0.15, 0.2) is 0 Å². The van der Waals surface area contributed by atoms with E-state index < -0.39 is 0 Å². The van der Waals surface area contributed by atoms with Crippen LogP contribution in [0, 0.1) is 0 Å². The van der Waals surface area contributed by atoms with Crippen molar-refractivity contribution >= 4 is 29.0 Å². The van der Waals surface area contributed by atoms with Gasteiger partial charge in [-0.3, -0.25) is 9.69 Å². The van der Waals surface area contributed by atoms with Crippen LogP contribution >= 0.6 is 23.1 Å². The molecule has 30 heavy (non-hydrogen) atoms. The van der Waals surface area contributed by atoms with Crippen LogP contribution in [-0.2, 0) is 23.6 Å². The molecule has 1 aliphatic heterocycles. The average Bonchev–Trinajstić information content (AvgIpc) is 3.32. The van der Waals surface area contributed by atoms with Gasteiger partial charge in [-0.25, -0.2) is 0 Å². The lowest BCUT2D eigenvalue weighted by atomic mass is 10.1. The number of nitrogens with one attached hydrogen (secondary N) is 1. The second kappa shape index (κ2) is 10.8. The van der Waals surface area contributed by atoms with Crippen molar-refractivity contribution in [2.45, 2.75) is 23.7 Å². The van der Waals surface area contributed by atoms with E-state index in [0.717, 1.165) is 54.6 Å². The van der Waals surface area contributed by atoms with Crippen LogP contribution in [0.15, 0.2) is 70.9 Å². The van der Waals surface area contributed by atoms with Crippen molar-refractivity contribution in [2.24, 2.45) is 0 Å². The Bertz CT molecular complexity index is 936. The van der Waals surface area contributed by atoms with Gasteiger partial charge in [0.25, 0.3) is 5.91 Å². The summed E-state index contributed by atoms with van der Waals surface area (Å²) in [6, 6.07) is 20.5. The maximum atomic E-state index is 12.8. The largest absolute Gasteiger partial charge is 0.379 e. The molecule has 1 saturated heterocycles. The second-order valence-corrected chi connectivity index (χ2v) is 9.30. The first-order valence-corrected chi connectivity index (χ1v) is 12.0. The van der Waals surface area contributed by atoms with E-state index in [1.54, 1.807) is 23.1 Å². The highest BCUT2D eigenvalue weighted by atomic mass is 32.2. The fraction of sp³-hybridized carbons (Fsp3) is 0.292. The van der Waals surface area contributed by atoms with Crippen molar-refractivity contribution in [3.05, 3.63) is 87.6 Å². The summed E-state index contributed by atoms with van der Waals surface area (Å²) in [5.41, 5.74) is 3.14. The van der Waals surface area contributed by atoms with Crippen molar-refractivity contribution in [1.29, 1.82) is 0 Å². The molecule has 0 bridgehead atoms. The SMILES string of the molecule is O=C(NCc1ccc(CN2CCOCC2)cc1)c1ccccc1SCc1cccs1. The summed E-state index contributed by atoms with van der Waals surface area (Å²) in [7, 11) is 0. The minimum atomic E-state index is -0.0262. The third-order valence-electron chi connectivity index (χ3n) is 5.07. The van der Waals surface area contributed by atoms with E-state index in [1.165, 1.54) is 10.4 Å². The van der Waals surface area contributed by atoms with Crippen LogP contribution in [0.25, 0.3) is 0 Å². The minimum absolute atomic E-state index is 0.0262. The summed E-state index contributed by atoms with van der Waals surface area (Å²) in [5, 5.41) is 5.16. The van der Waals surface area contributed by atoms with E-state index in [0.29, 0.717) is 6.54 Å². The molecule has 0 aliphatic carbocycles. The van der Waals surface area contributed by atoms with Crippen LogP contribution in [0.1, 0.15) is 26.4 Å². The molecule has 1 amide bonds. The Hall–Kier alpha value is -2.12. The first-order valence-electron chi connectivity index (χ1n) is 10.2. The fourth-order valence-corrected chi connectivity index (χ4v) is 5.20. The zero-order valence-corrected chi connectivity index (χ0v) is 18.5. The van der Waals surface area contributed by atoms with Crippen molar-refractivity contribution in [2.75, 3.05) is 26.3 Å². The number of morpholine rings is 1. The number of thiophene rings is 1. The number of thioether (sulfide) groups is 1. The molecule has 2 heterocycles. The van der Waals surface area contributed by atoms with Gasteiger partial charge < -0.3 is 10.1 Å². The monoisotopic (exact) mass is 438 g/mol. The van der Waals surface area contributed by atoms with Crippen LogP contribution in [0.5, 0.6) is 0 Å². The van der Waals surface area contributed by atoms with Crippen molar-refractivity contribution < 1.29 is 9.53 Å². The second-order valence-electron chi connectivity index (χ2n) is 7.25. The topological polar surface area (TPSA) is 41.6 Å². The van der Waals surface area contributed by atoms with Gasteiger partial charge >= 0.3 is 0 Å². The van der Waals surface area contributed by atoms with E-state index in [2.05, 4.69) is 52.0 Å². The molecule has 0 unspecified atom stereocenters. The minimum Gasteiger partial charge on any atom is -0.379 e. The third kappa shape index (κ3) is 5.95.